The molecule has 0 spiro atoms. The molecule has 222 valence electrons. The van der Waals surface area contributed by atoms with Gasteiger partial charge in [0.1, 0.15) is 0 Å². The van der Waals surface area contributed by atoms with E-state index in [2.05, 4.69) is 185 Å². The number of aryl methyl sites for hydroxylation is 4. The molecule has 9 rings (SSSR count). The predicted molar refractivity (Wildman–Crippen MR) is 203 cm³/mol. The maximum atomic E-state index is 2.26. The molecule has 0 aliphatic rings. The second-order valence-corrected chi connectivity index (χ2v) is 12.2. The molecular weight excluding hydrogens is 553 g/mol. The lowest BCUT2D eigenvalue weighted by molar-refractivity contribution is 1.52. The first-order valence-electron chi connectivity index (χ1n) is 16.1. The van der Waals surface area contributed by atoms with E-state index in [1.807, 2.05) is 0 Å². The molecule has 0 nitrogen and oxygen atoms in total. The largest absolute Gasteiger partial charge is 0.0616 e. The van der Waals surface area contributed by atoms with Crippen molar-refractivity contribution in [3.63, 3.8) is 0 Å². The third kappa shape index (κ3) is 5.37. The van der Waals surface area contributed by atoms with Crippen LogP contribution in [0.3, 0.4) is 0 Å². The molecule has 0 amide bonds. The van der Waals surface area contributed by atoms with E-state index in [1.54, 1.807) is 0 Å². The highest BCUT2D eigenvalue weighted by Crippen LogP contribution is 2.32. The molecule has 0 aliphatic heterocycles. The number of rotatable bonds is 0. The Labute approximate surface area is 271 Å². The lowest BCUT2D eigenvalue weighted by Crippen LogP contribution is -1.87. The van der Waals surface area contributed by atoms with Crippen LogP contribution in [0.25, 0.3) is 64.6 Å². The molecule has 0 saturated heterocycles. The molecule has 0 atom stereocenters. The van der Waals surface area contributed by atoms with E-state index in [0.717, 1.165) is 0 Å². The lowest BCUT2D eigenvalue weighted by atomic mass is 9.93. The van der Waals surface area contributed by atoms with Gasteiger partial charge in [-0.05, 0) is 127 Å². The minimum atomic E-state index is 1.33. The maximum absolute atomic E-state index is 2.26. The summed E-state index contributed by atoms with van der Waals surface area (Å²) in [4.78, 5) is 0. The van der Waals surface area contributed by atoms with Gasteiger partial charge in [0.05, 0.1) is 0 Å². The zero-order valence-electron chi connectivity index (χ0n) is 27.0. The number of fused-ring (bicyclic) bond motifs is 6. The molecule has 0 heterocycles. The summed E-state index contributed by atoms with van der Waals surface area (Å²) in [6.45, 7) is 8.82. The average Bonchev–Trinajstić information content (AvgIpc) is 3.11. The maximum Gasteiger partial charge on any atom is -0.0146 e. The topological polar surface area (TPSA) is 0 Å². The van der Waals surface area contributed by atoms with E-state index in [1.165, 1.54) is 86.9 Å². The highest BCUT2D eigenvalue weighted by Gasteiger charge is 2.07. The summed E-state index contributed by atoms with van der Waals surface area (Å²) in [5.74, 6) is 0. The van der Waals surface area contributed by atoms with E-state index in [-0.39, 0.29) is 0 Å². The van der Waals surface area contributed by atoms with Crippen molar-refractivity contribution in [2.24, 2.45) is 0 Å². The van der Waals surface area contributed by atoms with Gasteiger partial charge in [-0.25, -0.2) is 0 Å². The summed E-state index contributed by atoms with van der Waals surface area (Å²) >= 11 is 0. The highest BCUT2D eigenvalue weighted by molar-refractivity contribution is 6.06. The second kappa shape index (κ2) is 12.5. The Hall–Kier alpha value is -5.46. The molecule has 9 aromatic rings. The summed E-state index contributed by atoms with van der Waals surface area (Å²) in [6, 6.07) is 56.1. The van der Waals surface area contributed by atoms with Crippen LogP contribution in [0.15, 0.2) is 158 Å². The molecule has 0 N–H and O–H groups in total. The van der Waals surface area contributed by atoms with Crippen LogP contribution < -0.4 is 0 Å². The first-order chi connectivity index (χ1) is 22.5. The van der Waals surface area contributed by atoms with Crippen LogP contribution in [0.2, 0.25) is 0 Å². The summed E-state index contributed by atoms with van der Waals surface area (Å²) in [6.07, 6.45) is 0. The normalized spacial score (nSPS) is 11.0. The van der Waals surface area contributed by atoms with Crippen molar-refractivity contribution in [1.29, 1.82) is 0 Å². The molecule has 0 aliphatic carbocycles. The second-order valence-electron chi connectivity index (χ2n) is 12.2. The van der Waals surface area contributed by atoms with E-state index < -0.39 is 0 Å². The Balaban J connectivity index is 0.000000110. The zero-order chi connectivity index (χ0) is 31.6. The fourth-order valence-corrected chi connectivity index (χ4v) is 7.05. The van der Waals surface area contributed by atoms with Crippen molar-refractivity contribution in [3.8, 4) is 0 Å². The van der Waals surface area contributed by atoms with Gasteiger partial charge in [0.2, 0.25) is 0 Å². The van der Waals surface area contributed by atoms with Gasteiger partial charge in [0.15, 0.2) is 0 Å². The van der Waals surface area contributed by atoms with Crippen LogP contribution in [0.1, 0.15) is 22.3 Å². The Morgan fingerprint density at radius 1 is 0.217 bits per heavy atom. The van der Waals surface area contributed by atoms with Crippen LogP contribution in [-0.4, -0.2) is 0 Å². The van der Waals surface area contributed by atoms with Crippen LogP contribution in [0.4, 0.5) is 0 Å². The molecule has 0 saturated carbocycles. The van der Waals surface area contributed by atoms with Crippen molar-refractivity contribution in [3.05, 3.63) is 180 Å². The monoisotopic (exact) mass is 590 g/mol. The van der Waals surface area contributed by atoms with Gasteiger partial charge in [0, 0.05) is 0 Å². The van der Waals surface area contributed by atoms with Crippen LogP contribution in [0, 0.1) is 27.7 Å². The van der Waals surface area contributed by atoms with Gasteiger partial charge in [-0.2, -0.15) is 0 Å². The first-order valence-corrected chi connectivity index (χ1v) is 16.1. The SMILES string of the molecule is Cc1c2ccccc2c(C)c2ccccc12.Cc1c2ccccc2cc2ccccc12.Cc1c2ccccc2cc2ccccc12. The fraction of sp³-hybridized carbons (Fsp3) is 0.0870. The molecule has 46 heavy (non-hydrogen) atoms. The van der Waals surface area contributed by atoms with Crippen LogP contribution >= 0.6 is 0 Å². The van der Waals surface area contributed by atoms with Crippen molar-refractivity contribution in [2.75, 3.05) is 0 Å². The van der Waals surface area contributed by atoms with E-state index >= 15 is 0 Å². The molecule has 0 bridgehead atoms. The molecule has 0 unspecified atom stereocenters. The molecule has 0 radical (unpaired) electrons. The third-order valence-electron chi connectivity index (χ3n) is 9.55. The van der Waals surface area contributed by atoms with Gasteiger partial charge in [-0.15, -0.1) is 0 Å². The summed E-state index contributed by atoms with van der Waals surface area (Å²) in [5, 5.41) is 16.2. The standard InChI is InChI=1S/C16H14.2C15H12/c1-11-13-7-3-5-9-15(13)12(2)16-10-6-4-8-14(11)16;2*1-11-14-8-4-2-6-12(14)10-13-7-3-5-9-15(11)13/h3-10H,1-2H3;2*2-10H,1H3. The van der Waals surface area contributed by atoms with E-state index in [0.29, 0.717) is 0 Å². The van der Waals surface area contributed by atoms with Crippen LogP contribution in [-0.2, 0) is 0 Å². The Morgan fingerprint density at radius 2 is 0.391 bits per heavy atom. The molecule has 9 aromatic carbocycles. The summed E-state index contributed by atoms with van der Waals surface area (Å²) in [7, 11) is 0. The minimum Gasteiger partial charge on any atom is -0.0616 e. The Bertz CT molecular complexity index is 2170. The zero-order valence-corrected chi connectivity index (χ0v) is 27.0. The van der Waals surface area contributed by atoms with Gasteiger partial charge < -0.3 is 0 Å². The summed E-state index contributed by atoms with van der Waals surface area (Å²) in [5.41, 5.74) is 5.53. The number of benzene rings is 9. The molecular formula is C46H38. The Morgan fingerprint density at radius 3 is 0.630 bits per heavy atom. The number of hydrogen-bond donors (Lipinski definition) is 0. The molecule has 0 heteroatoms. The molecule has 0 fully saturated rings. The summed E-state index contributed by atoms with van der Waals surface area (Å²) < 4.78 is 0. The van der Waals surface area contributed by atoms with Gasteiger partial charge in [0.25, 0.3) is 0 Å². The predicted octanol–water partition coefficient (Wildman–Crippen LogP) is 13.2. The average molecular weight is 591 g/mol. The minimum absolute atomic E-state index is 1.33. The smallest absolute Gasteiger partial charge is 0.0146 e. The number of hydrogen-bond acceptors (Lipinski definition) is 0. The highest BCUT2D eigenvalue weighted by atomic mass is 14.1. The van der Waals surface area contributed by atoms with Gasteiger partial charge in [-0.1, -0.05) is 146 Å². The van der Waals surface area contributed by atoms with Gasteiger partial charge in [-0.3, -0.25) is 0 Å². The fourth-order valence-electron chi connectivity index (χ4n) is 7.05. The van der Waals surface area contributed by atoms with Crippen molar-refractivity contribution < 1.29 is 0 Å². The lowest BCUT2D eigenvalue weighted by Gasteiger charge is -2.11. The van der Waals surface area contributed by atoms with Crippen molar-refractivity contribution >= 4 is 64.6 Å². The van der Waals surface area contributed by atoms with Crippen LogP contribution in [0.5, 0.6) is 0 Å². The van der Waals surface area contributed by atoms with E-state index in [4.69, 9.17) is 0 Å². The van der Waals surface area contributed by atoms with Gasteiger partial charge >= 0.3 is 0 Å². The Kier molecular flexibility index (Phi) is 7.95. The van der Waals surface area contributed by atoms with E-state index in [9.17, 15) is 0 Å². The first kappa shape index (κ1) is 29.3. The third-order valence-corrected chi connectivity index (χ3v) is 9.55. The molecule has 0 aromatic heterocycles. The van der Waals surface area contributed by atoms with Crippen molar-refractivity contribution in [2.45, 2.75) is 27.7 Å². The van der Waals surface area contributed by atoms with Crippen molar-refractivity contribution in [1.82, 2.24) is 0 Å². The quantitative estimate of drug-likeness (QED) is 0.154.